The minimum atomic E-state index is -4.64. The summed E-state index contributed by atoms with van der Waals surface area (Å²) in [5.74, 6) is 0.0755. The highest BCUT2D eigenvalue weighted by Gasteiger charge is 2.36. The standard InChI is InChI=1S/C33H35BrF3N7O3/c1-20-15-22(3)44(40-20)32-39-28-19-42(30(45)23-7-9-27(34)26(17-23)33(35,36)37)21(2)16-25(28)31(46)43(32)24-8-10-29(38-18-24)47-14-13-41-11-5-4-6-12-41/h7-10,15,17-18,21H,4-6,11-14,16,19H2,1-3H3. The molecule has 6 rings (SSSR count). The number of hydrogen-bond donors (Lipinski definition) is 0. The predicted octanol–water partition coefficient (Wildman–Crippen LogP) is 5.66. The van der Waals surface area contributed by atoms with Crippen molar-refractivity contribution in [3.63, 3.8) is 0 Å². The van der Waals surface area contributed by atoms with E-state index < -0.39 is 23.7 Å². The molecule has 2 aliphatic heterocycles. The zero-order chi connectivity index (χ0) is 33.5. The number of rotatable bonds is 7. The number of aromatic nitrogens is 5. The van der Waals surface area contributed by atoms with Gasteiger partial charge in [-0.1, -0.05) is 22.4 Å². The molecular formula is C33H35BrF3N7O3. The third-order valence-corrected chi connectivity index (χ3v) is 9.35. The van der Waals surface area contributed by atoms with Gasteiger partial charge in [-0.25, -0.2) is 19.2 Å². The molecule has 1 fully saturated rings. The Kier molecular flexibility index (Phi) is 9.25. The summed E-state index contributed by atoms with van der Waals surface area (Å²) in [6.07, 6.45) is 0.768. The molecule has 14 heteroatoms. The van der Waals surface area contributed by atoms with Crippen LogP contribution in [-0.2, 0) is 19.1 Å². The van der Waals surface area contributed by atoms with E-state index in [1.807, 2.05) is 19.9 Å². The summed E-state index contributed by atoms with van der Waals surface area (Å²) in [5, 5.41) is 4.57. The van der Waals surface area contributed by atoms with E-state index in [4.69, 9.17) is 9.72 Å². The summed E-state index contributed by atoms with van der Waals surface area (Å²) < 4.78 is 49.6. The SMILES string of the molecule is Cc1cc(C)n(-c2nc3c(c(=O)n2-c2ccc(OCCN4CCCCC4)nc2)CC(C)N(C(=O)c2ccc(Br)c(C(F)(F)F)c2)C3)n1. The van der Waals surface area contributed by atoms with Gasteiger partial charge in [0, 0.05) is 39.9 Å². The number of aryl methyl sites for hydroxylation is 2. The van der Waals surface area contributed by atoms with Crippen molar-refractivity contribution in [1.29, 1.82) is 0 Å². The van der Waals surface area contributed by atoms with Crippen molar-refractivity contribution in [3.05, 3.63) is 91.2 Å². The van der Waals surface area contributed by atoms with Gasteiger partial charge in [-0.2, -0.15) is 18.3 Å². The van der Waals surface area contributed by atoms with Crippen molar-refractivity contribution in [2.75, 3.05) is 26.2 Å². The summed E-state index contributed by atoms with van der Waals surface area (Å²) >= 11 is 2.93. The molecule has 1 saturated heterocycles. The highest BCUT2D eigenvalue weighted by Crippen LogP contribution is 2.36. The van der Waals surface area contributed by atoms with Crippen molar-refractivity contribution >= 4 is 21.8 Å². The van der Waals surface area contributed by atoms with Crippen LogP contribution in [0.4, 0.5) is 13.2 Å². The van der Waals surface area contributed by atoms with Crippen molar-refractivity contribution in [3.8, 4) is 17.5 Å². The molecule has 1 unspecified atom stereocenters. The molecule has 0 spiro atoms. The van der Waals surface area contributed by atoms with Gasteiger partial charge in [0.05, 0.1) is 35.4 Å². The van der Waals surface area contributed by atoms with Gasteiger partial charge in [0.1, 0.15) is 6.61 Å². The molecule has 248 valence electrons. The van der Waals surface area contributed by atoms with E-state index in [9.17, 15) is 22.8 Å². The maximum absolute atomic E-state index is 14.2. The molecule has 4 aromatic rings. The van der Waals surface area contributed by atoms with Gasteiger partial charge in [0.15, 0.2) is 0 Å². The number of piperidine rings is 1. The minimum Gasteiger partial charge on any atom is -0.476 e. The first-order valence-electron chi connectivity index (χ1n) is 15.6. The van der Waals surface area contributed by atoms with Crippen LogP contribution in [0.3, 0.4) is 0 Å². The van der Waals surface area contributed by atoms with E-state index in [1.54, 1.807) is 29.9 Å². The molecule has 10 nitrogen and oxygen atoms in total. The molecule has 0 saturated carbocycles. The lowest BCUT2D eigenvalue weighted by Crippen LogP contribution is -2.46. The Morgan fingerprint density at radius 2 is 1.85 bits per heavy atom. The summed E-state index contributed by atoms with van der Waals surface area (Å²) in [5.41, 5.74) is 1.33. The highest BCUT2D eigenvalue weighted by molar-refractivity contribution is 9.10. The molecule has 0 aliphatic carbocycles. The van der Waals surface area contributed by atoms with Gasteiger partial charge in [-0.15, -0.1) is 0 Å². The third kappa shape index (κ3) is 6.84. The van der Waals surface area contributed by atoms with Crippen LogP contribution in [0.15, 0.2) is 51.9 Å². The van der Waals surface area contributed by atoms with Crippen LogP contribution >= 0.6 is 15.9 Å². The van der Waals surface area contributed by atoms with E-state index in [-0.39, 0.29) is 34.5 Å². The molecule has 0 bridgehead atoms. The maximum Gasteiger partial charge on any atom is 0.417 e. The fraction of sp³-hybridized carbons (Fsp3) is 0.424. The van der Waals surface area contributed by atoms with Crippen molar-refractivity contribution in [2.24, 2.45) is 0 Å². The molecule has 1 aromatic carbocycles. The van der Waals surface area contributed by atoms with Crippen LogP contribution in [-0.4, -0.2) is 72.3 Å². The van der Waals surface area contributed by atoms with Crippen molar-refractivity contribution < 1.29 is 22.7 Å². The van der Waals surface area contributed by atoms with E-state index in [2.05, 4.69) is 30.9 Å². The smallest absolute Gasteiger partial charge is 0.417 e. The number of nitrogens with zero attached hydrogens (tertiary/aromatic N) is 7. The molecular weight excluding hydrogens is 679 g/mol. The lowest BCUT2D eigenvalue weighted by atomic mass is 9.98. The summed E-state index contributed by atoms with van der Waals surface area (Å²) in [4.78, 5) is 41.0. The molecule has 3 aromatic heterocycles. The van der Waals surface area contributed by atoms with Gasteiger partial charge in [-0.05, 0) is 83.5 Å². The zero-order valence-electron chi connectivity index (χ0n) is 26.3. The Labute approximate surface area is 278 Å². The number of pyridine rings is 1. The Bertz CT molecular complexity index is 1850. The number of halogens is 4. The molecule has 2 aliphatic rings. The van der Waals surface area contributed by atoms with Gasteiger partial charge in [0.2, 0.25) is 11.8 Å². The lowest BCUT2D eigenvalue weighted by Gasteiger charge is -2.34. The molecule has 1 atom stereocenters. The number of likely N-dealkylation sites (tertiary alicyclic amines) is 1. The maximum atomic E-state index is 14.2. The molecule has 0 N–H and O–H groups in total. The number of carbonyl (C=O) groups is 1. The fourth-order valence-electron chi connectivity index (χ4n) is 6.22. The molecule has 0 radical (unpaired) electrons. The van der Waals surface area contributed by atoms with Gasteiger partial charge in [0.25, 0.3) is 11.5 Å². The van der Waals surface area contributed by atoms with Crippen LogP contribution < -0.4 is 10.3 Å². The average molecular weight is 715 g/mol. The van der Waals surface area contributed by atoms with Crippen LogP contribution in [0.25, 0.3) is 11.6 Å². The number of hydrogen-bond acceptors (Lipinski definition) is 7. The second-order valence-electron chi connectivity index (χ2n) is 12.1. The van der Waals surface area contributed by atoms with E-state index in [0.717, 1.165) is 37.1 Å². The lowest BCUT2D eigenvalue weighted by molar-refractivity contribution is -0.138. The highest BCUT2D eigenvalue weighted by atomic mass is 79.9. The second kappa shape index (κ2) is 13.2. The third-order valence-electron chi connectivity index (χ3n) is 8.66. The normalized spacial score (nSPS) is 17.1. The number of alkyl halides is 3. The quantitative estimate of drug-likeness (QED) is 0.244. The van der Waals surface area contributed by atoms with Gasteiger partial charge in [-0.3, -0.25) is 14.5 Å². The van der Waals surface area contributed by atoms with Crippen molar-refractivity contribution in [1.82, 2.24) is 34.1 Å². The van der Waals surface area contributed by atoms with Crippen LogP contribution in [0.5, 0.6) is 5.88 Å². The topological polar surface area (TPSA) is 98.4 Å². The molecule has 47 heavy (non-hydrogen) atoms. The Morgan fingerprint density at radius 3 is 2.51 bits per heavy atom. The minimum absolute atomic E-state index is 0.0584. The summed E-state index contributed by atoms with van der Waals surface area (Å²) in [6, 6.07) is 8.26. The molecule has 5 heterocycles. The Hall–Kier alpha value is -4.04. The Morgan fingerprint density at radius 1 is 1.09 bits per heavy atom. The Balaban J connectivity index is 1.33. The zero-order valence-corrected chi connectivity index (χ0v) is 27.9. The number of carbonyl (C=O) groups excluding carboxylic acids is 1. The van der Waals surface area contributed by atoms with E-state index in [1.165, 1.54) is 40.9 Å². The van der Waals surface area contributed by atoms with E-state index >= 15 is 0 Å². The first-order valence-corrected chi connectivity index (χ1v) is 16.4. The number of ether oxygens (including phenoxy) is 1. The van der Waals surface area contributed by atoms with Crippen LogP contribution in [0, 0.1) is 13.8 Å². The summed E-state index contributed by atoms with van der Waals surface area (Å²) in [6.45, 7) is 8.86. The van der Waals surface area contributed by atoms with Crippen molar-refractivity contribution in [2.45, 2.75) is 65.2 Å². The number of benzene rings is 1. The summed E-state index contributed by atoms with van der Waals surface area (Å²) in [7, 11) is 0. The largest absolute Gasteiger partial charge is 0.476 e. The average Bonchev–Trinajstić information content (AvgIpc) is 3.38. The van der Waals surface area contributed by atoms with Gasteiger partial charge < -0.3 is 9.64 Å². The number of fused-ring (bicyclic) bond motifs is 1. The molecule has 1 amide bonds. The monoisotopic (exact) mass is 713 g/mol. The van der Waals surface area contributed by atoms with Crippen LogP contribution in [0.2, 0.25) is 0 Å². The predicted molar refractivity (Wildman–Crippen MR) is 172 cm³/mol. The fourth-order valence-corrected chi connectivity index (χ4v) is 6.69. The number of amides is 1. The second-order valence-corrected chi connectivity index (χ2v) is 13.0. The van der Waals surface area contributed by atoms with E-state index in [0.29, 0.717) is 29.4 Å². The van der Waals surface area contributed by atoms with Crippen LogP contribution in [0.1, 0.15) is 64.8 Å². The van der Waals surface area contributed by atoms with Gasteiger partial charge >= 0.3 is 6.18 Å². The first-order chi connectivity index (χ1) is 22.4. The first kappa shape index (κ1) is 32.9.